The SMILES string of the molecule is Cc1cccc2c3cc(-c4cc5c6ccccc6n6c7ccccc7c(c4)c56)ccc3[n+]=2c2ccc(-c3ccccc3)cc12. The lowest BCUT2D eigenvalue weighted by molar-refractivity contribution is -0.457. The zero-order chi connectivity index (χ0) is 28.9. The van der Waals surface area contributed by atoms with E-state index in [2.05, 4.69) is 161 Å². The van der Waals surface area contributed by atoms with Gasteiger partial charge in [0.2, 0.25) is 16.4 Å². The number of rotatable bonds is 2. The van der Waals surface area contributed by atoms with Crippen molar-refractivity contribution in [3.8, 4) is 22.3 Å². The third-order valence-corrected chi connectivity index (χ3v) is 9.66. The number of hydrogen-bond donors (Lipinski definition) is 0. The second kappa shape index (κ2) is 8.65. The maximum atomic E-state index is 2.44. The van der Waals surface area contributed by atoms with Crippen LogP contribution >= 0.6 is 0 Å². The molecule has 0 amide bonds. The maximum absolute atomic E-state index is 2.44. The highest BCUT2D eigenvalue weighted by molar-refractivity contribution is 6.24. The van der Waals surface area contributed by atoms with Gasteiger partial charge in [0.1, 0.15) is 5.39 Å². The van der Waals surface area contributed by atoms with Gasteiger partial charge in [-0.25, -0.2) is 0 Å². The van der Waals surface area contributed by atoms with Crippen LogP contribution in [0.4, 0.5) is 0 Å². The highest BCUT2D eigenvalue weighted by Crippen LogP contribution is 2.42. The van der Waals surface area contributed by atoms with Crippen molar-refractivity contribution in [3.63, 3.8) is 0 Å². The number of aromatic nitrogens is 2. The van der Waals surface area contributed by atoms with E-state index in [4.69, 9.17) is 0 Å². The van der Waals surface area contributed by atoms with Crippen LogP contribution in [0.5, 0.6) is 0 Å². The fourth-order valence-electron chi connectivity index (χ4n) is 7.58. The van der Waals surface area contributed by atoms with Gasteiger partial charge in [-0.1, -0.05) is 78.9 Å². The zero-order valence-corrected chi connectivity index (χ0v) is 24.3. The molecule has 2 aliphatic heterocycles. The Labute approximate surface area is 253 Å². The van der Waals surface area contributed by atoms with E-state index in [1.165, 1.54) is 93.1 Å². The summed E-state index contributed by atoms with van der Waals surface area (Å²) in [6, 6.07) is 53.6. The number of benzene rings is 6. The predicted octanol–water partition coefficient (Wildman–Crippen LogP) is 10.3. The van der Waals surface area contributed by atoms with Gasteiger partial charge in [-0.3, -0.25) is 0 Å². The van der Waals surface area contributed by atoms with Crippen molar-refractivity contribution in [2.24, 2.45) is 0 Å². The number of para-hydroxylation sites is 2. The van der Waals surface area contributed by atoms with Crippen LogP contribution in [-0.2, 0) is 0 Å². The Balaban J connectivity index is 1.23. The molecule has 0 spiro atoms. The van der Waals surface area contributed by atoms with Crippen LogP contribution in [0.1, 0.15) is 5.56 Å². The van der Waals surface area contributed by atoms with Crippen molar-refractivity contribution in [1.82, 2.24) is 4.40 Å². The summed E-state index contributed by atoms with van der Waals surface area (Å²) in [4.78, 5) is 0. The first-order chi connectivity index (χ1) is 21.7. The minimum atomic E-state index is 1.23. The molecule has 0 bridgehead atoms. The second-order valence-corrected chi connectivity index (χ2v) is 12.0. The minimum Gasteiger partial charge on any atom is -0.308 e. The Morgan fingerprint density at radius 1 is 0.409 bits per heavy atom. The van der Waals surface area contributed by atoms with E-state index in [9.17, 15) is 0 Å². The molecule has 0 atom stereocenters. The van der Waals surface area contributed by atoms with Crippen LogP contribution in [0.3, 0.4) is 0 Å². The van der Waals surface area contributed by atoms with Gasteiger partial charge in [-0.05, 0) is 83.3 Å². The summed E-state index contributed by atoms with van der Waals surface area (Å²) in [5.41, 5.74) is 12.6. The van der Waals surface area contributed by atoms with E-state index in [-0.39, 0.29) is 0 Å². The number of aryl methyl sites for hydroxylation is 1. The molecule has 2 nitrogen and oxygen atoms in total. The highest BCUT2D eigenvalue weighted by Gasteiger charge is 2.22. The molecule has 10 rings (SSSR count). The summed E-state index contributed by atoms with van der Waals surface area (Å²) in [6.07, 6.45) is 0. The molecule has 6 aromatic carbocycles. The van der Waals surface area contributed by atoms with Crippen LogP contribution < -0.4 is 4.24 Å². The van der Waals surface area contributed by atoms with E-state index in [0.29, 0.717) is 0 Å². The summed E-state index contributed by atoms with van der Waals surface area (Å²) >= 11 is 0. The smallest absolute Gasteiger partial charge is 0.225 e. The Bertz CT molecular complexity index is 2740. The third-order valence-electron chi connectivity index (χ3n) is 9.66. The molecule has 2 heteroatoms. The molecule has 0 saturated carbocycles. The largest absolute Gasteiger partial charge is 0.308 e. The zero-order valence-electron chi connectivity index (χ0n) is 24.3. The van der Waals surface area contributed by atoms with Crippen molar-refractivity contribution < 1.29 is 4.24 Å². The molecule has 0 aliphatic carbocycles. The van der Waals surface area contributed by atoms with Crippen molar-refractivity contribution in [2.45, 2.75) is 6.92 Å². The average molecular weight is 560 g/mol. The van der Waals surface area contributed by atoms with Crippen molar-refractivity contribution in [2.75, 3.05) is 0 Å². The second-order valence-electron chi connectivity index (χ2n) is 12.0. The molecule has 204 valence electrons. The monoisotopic (exact) mass is 559 g/mol. The van der Waals surface area contributed by atoms with Gasteiger partial charge < -0.3 is 4.40 Å². The van der Waals surface area contributed by atoms with Crippen molar-refractivity contribution in [3.05, 3.63) is 157 Å². The minimum absolute atomic E-state index is 1.23. The molecule has 8 aromatic rings. The first-order valence-corrected chi connectivity index (χ1v) is 15.3. The van der Waals surface area contributed by atoms with E-state index in [1.54, 1.807) is 0 Å². The Hall–Kier alpha value is -5.73. The lowest BCUT2D eigenvalue weighted by atomic mass is 9.97. The third kappa shape index (κ3) is 3.12. The fourth-order valence-corrected chi connectivity index (χ4v) is 7.58. The molecular weight excluding hydrogens is 532 g/mol. The first-order valence-electron chi connectivity index (χ1n) is 15.3. The molecule has 0 unspecified atom stereocenters. The quantitative estimate of drug-likeness (QED) is 0.187. The van der Waals surface area contributed by atoms with Crippen molar-refractivity contribution >= 4 is 59.9 Å². The lowest BCUT2D eigenvalue weighted by Crippen LogP contribution is -2.25. The van der Waals surface area contributed by atoms with E-state index in [0.717, 1.165) is 0 Å². The summed E-state index contributed by atoms with van der Waals surface area (Å²) in [5.74, 6) is 0. The van der Waals surface area contributed by atoms with Crippen LogP contribution in [0.2, 0.25) is 0 Å². The average Bonchev–Trinajstić information content (AvgIpc) is 3.58. The number of nitrogens with zero attached hydrogens (tertiary/aromatic N) is 2. The fraction of sp³-hybridized carbons (Fsp3) is 0.0238. The summed E-state index contributed by atoms with van der Waals surface area (Å²) < 4.78 is 4.86. The molecule has 4 heterocycles. The number of fused-ring (bicyclic) bond motifs is 11. The van der Waals surface area contributed by atoms with Crippen molar-refractivity contribution in [1.29, 1.82) is 0 Å². The van der Waals surface area contributed by atoms with Gasteiger partial charge in [-0.2, -0.15) is 4.24 Å². The highest BCUT2D eigenvalue weighted by atomic mass is 14.9. The van der Waals surface area contributed by atoms with E-state index >= 15 is 0 Å². The van der Waals surface area contributed by atoms with Gasteiger partial charge in [0.25, 0.3) is 0 Å². The Kier molecular flexibility index (Phi) is 4.68. The first kappa shape index (κ1) is 23.8. The molecule has 2 aromatic heterocycles. The Morgan fingerprint density at radius 2 is 0.977 bits per heavy atom. The van der Waals surface area contributed by atoms with Gasteiger partial charge in [0.05, 0.1) is 21.9 Å². The van der Waals surface area contributed by atoms with Crippen LogP contribution in [-0.4, -0.2) is 4.40 Å². The van der Waals surface area contributed by atoms with Gasteiger partial charge in [-0.15, -0.1) is 0 Å². The summed E-state index contributed by atoms with van der Waals surface area (Å²) in [6.45, 7) is 2.21. The van der Waals surface area contributed by atoms with Gasteiger partial charge in [0.15, 0.2) is 0 Å². The van der Waals surface area contributed by atoms with Gasteiger partial charge >= 0.3 is 0 Å². The molecule has 0 radical (unpaired) electrons. The normalized spacial score (nSPS) is 12.2. The van der Waals surface area contributed by atoms with E-state index in [1.807, 2.05) is 0 Å². The summed E-state index contributed by atoms with van der Waals surface area (Å²) in [7, 11) is 0. The molecular formula is C42H27N2+. The Morgan fingerprint density at radius 3 is 1.68 bits per heavy atom. The van der Waals surface area contributed by atoms with Crippen LogP contribution in [0, 0.1) is 12.3 Å². The predicted molar refractivity (Wildman–Crippen MR) is 184 cm³/mol. The maximum Gasteiger partial charge on any atom is 0.225 e. The molecule has 0 fully saturated rings. The van der Waals surface area contributed by atoms with Crippen LogP contribution in [0.25, 0.3) is 82.2 Å². The topological polar surface area (TPSA) is 10.3 Å². The molecule has 2 aliphatic rings. The molecule has 0 saturated heterocycles. The van der Waals surface area contributed by atoms with Gasteiger partial charge in [0, 0.05) is 39.7 Å². The summed E-state index contributed by atoms with van der Waals surface area (Å²) in [5, 5.41) is 9.05. The number of hydrogen-bond acceptors (Lipinski definition) is 0. The molecule has 0 N–H and O–H groups in total. The van der Waals surface area contributed by atoms with Crippen LogP contribution in [0.15, 0.2) is 146 Å². The lowest BCUT2D eigenvalue weighted by Gasteiger charge is -2.08. The molecule has 44 heavy (non-hydrogen) atoms. The standard InChI is InChI=1S/C42H27N2/c1-26-10-9-17-39-36-23-29(19-21-41(36)43(39)40-20-18-28(22-33(26)40)27-11-3-2-4-12-27)30-24-34-31-13-5-7-15-37(31)44-38-16-8-6-14-32(38)35(25-30)42(34)44/h2-25H,1H3/q+1. The van der Waals surface area contributed by atoms with E-state index < -0.39 is 0 Å².